The van der Waals surface area contributed by atoms with E-state index in [2.05, 4.69) is 10.3 Å². The molecule has 0 saturated carbocycles. The highest BCUT2D eigenvalue weighted by Crippen LogP contribution is 2.00. The molecule has 1 aromatic rings. The molecule has 6 heteroatoms. The van der Waals surface area contributed by atoms with Gasteiger partial charge in [-0.25, -0.2) is 4.98 Å². The molecule has 1 unspecified atom stereocenters. The van der Waals surface area contributed by atoms with Gasteiger partial charge < -0.3 is 15.3 Å². The Kier molecular flexibility index (Phi) is 2.99. The molecule has 0 aliphatic rings. The average molecular weight is 185 g/mol. The van der Waals surface area contributed by atoms with Crippen LogP contribution in [-0.2, 0) is 6.54 Å². The lowest BCUT2D eigenvalue weighted by molar-refractivity contribution is 0.0995. The van der Waals surface area contributed by atoms with Gasteiger partial charge in [0.15, 0.2) is 5.69 Å². The van der Waals surface area contributed by atoms with Crippen LogP contribution >= 0.6 is 0 Å². The first kappa shape index (κ1) is 9.69. The highest BCUT2D eigenvalue weighted by molar-refractivity contribution is 5.90. The first-order valence-electron chi connectivity index (χ1n) is 3.75. The van der Waals surface area contributed by atoms with E-state index in [4.69, 9.17) is 15.3 Å². The first-order valence-corrected chi connectivity index (χ1v) is 3.75. The number of aliphatic hydroxyl groups excluding tert-OH is 1. The smallest absolute Gasteiger partial charge is 0.270 e. The normalized spacial score (nSPS) is 12.8. The number of oxazole rings is 1. The van der Waals surface area contributed by atoms with Gasteiger partial charge in [0.05, 0.1) is 6.54 Å². The van der Waals surface area contributed by atoms with Gasteiger partial charge in [0, 0.05) is 0 Å². The lowest BCUT2D eigenvalue weighted by Crippen LogP contribution is -2.24. The summed E-state index contributed by atoms with van der Waals surface area (Å²) >= 11 is 0. The molecule has 1 amide bonds. The van der Waals surface area contributed by atoms with Gasteiger partial charge in [-0.3, -0.25) is 10.1 Å². The molecule has 0 spiro atoms. The summed E-state index contributed by atoms with van der Waals surface area (Å²) in [5.41, 5.74) is 5.04. The maximum atomic E-state index is 10.6. The molecule has 0 aliphatic carbocycles. The Morgan fingerprint density at radius 3 is 3.08 bits per heavy atom. The third kappa shape index (κ3) is 2.85. The third-order valence-corrected chi connectivity index (χ3v) is 1.35. The van der Waals surface area contributed by atoms with Gasteiger partial charge in [-0.1, -0.05) is 0 Å². The fourth-order valence-electron chi connectivity index (χ4n) is 0.740. The molecular weight excluding hydrogens is 174 g/mol. The van der Waals surface area contributed by atoms with Crippen LogP contribution in [0.25, 0.3) is 0 Å². The molecule has 0 bridgehead atoms. The number of primary amides is 1. The quantitative estimate of drug-likeness (QED) is 0.533. The summed E-state index contributed by atoms with van der Waals surface area (Å²) in [4.78, 5) is 14.3. The number of hydrogen-bond acceptors (Lipinski definition) is 5. The molecule has 1 atom stereocenters. The maximum absolute atomic E-state index is 10.6. The van der Waals surface area contributed by atoms with Crippen molar-refractivity contribution in [2.45, 2.75) is 19.7 Å². The number of amides is 1. The van der Waals surface area contributed by atoms with Crippen molar-refractivity contribution in [2.75, 3.05) is 0 Å². The van der Waals surface area contributed by atoms with Crippen molar-refractivity contribution in [1.29, 1.82) is 0 Å². The van der Waals surface area contributed by atoms with Crippen LogP contribution in [0.15, 0.2) is 10.7 Å². The van der Waals surface area contributed by atoms with Crippen LogP contribution in [0, 0.1) is 0 Å². The van der Waals surface area contributed by atoms with Gasteiger partial charge in [0.25, 0.3) is 5.91 Å². The van der Waals surface area contributed by atoms with Gasteiger partial charge in [-0.2, -0.15) is 0 Å². The van der Waals surface area contributed by atoms with Gasteiger partial charge in [0.2, 0.25) is 5.89 Å². The minimum atomic E-state index is -0.649. The molecule has 0 aliphatic heterocycles. The number of carbonyl (C=O) groups is 1. The molecule has 1 aromatic heterocycles. The van der Waals surface area contributed by atoms with Crippen molar-refractivity contribution < 1.29 is 14.3 Å². The Labute approximate surface area is 74.8 Å². The Balaban J connectivity index is 2.54. The van der Waals surface area contributed by atoms with Gasteiger partial charge in [-0.15, -0.1) is 0 Å². The van der Waals surface area contributed by atoms with Crippen molar-refractivity contribution >= 4 is 5.91 Å². The Bertz CT molecular complexity index is 295. The van der Waals surface area contributed by atoms with Crippen LogP contribution in [0.2, 0.25) is 0 Å². The number of carbonyl (C=O) groups excluding carboxylic acids is 1. The summed E-state index contributed by atoms with van der Waals surface area (Å²) in [6.07, 6.45) is 0.533. The van der Waals surface area contributed by atoms with E-state index in [0.29, 0.717) is 5.89 Å². The predicted octanol–water partition coefficient (Wildman–Crippen LogP) is -0.799. The number of aliphatic hydroxyl groups is 1. The molecule has 1 rings (SSSR count). The standard InChI is InChI=1S/C7H11N3O3/c1-4(11)9-2-6-10-5(3-13-6)7(8)12/h3-4,9,11H,2H2,1H3,(H2,8,12). The van der Waals surface area contributed by atoms with E-state index in [-0.39, 0.29) is 12.2 Å². The summed E-state index contributed by atoms with van der Waals surface area (Å²) in [5, 5.41) is 11.5. The monoisotopic (exact) mass is 185 g/mol. The molecule has 0 aromatic carbocycles. The summed E-state index contributed by atoms with van der Waals surface area (Å²) in [6, 6.07) is 0. The third-order valence-electron chi connectivity index (χ3n) is 1.35. The minimum Gasteiger partial charge on any atom is -0.447 e. The molecule has 4 N–H and O–H groups in total. The van der Waals surface area contributed by atoms with E-state index >= 15 is 0 Å². The molecular formula is C7H11N3O3. The number of rotatable bonds is 4. The van der Waals surface area contributed by atoms with E-state index in [1.54, 1.807) is 6.92 Å². The lowest BCUT2D eigenvalue weighted by Gasteiger charge is -2.02. The second-order valence-corrected chi connectivity index (χ2v) is 2.55. The molecule has 0 saturated heterocycles. The van der Waals surface area contributed by atoms with Gasteiger partial charge in [-0.05, 0) is 6.92 Å². The van der Waals surface area contributed by atoms with Crippen molar-refractivity contribution in [1.82, 2.24) is 10.3 Å². The number of aromatic nitrogens is 1. The van der Waals surface area contributed by atoms with Gasteiger partial charge in [0.1, 0.15) is 12.5 Å². The van der Waals surface area contributed by atoms with E-state index in [9.17, 15) is 4.79 Å². The molecule has 0 radical (unpaired) electrons. The van der Waals surface area contributed by atoms with E-state index in [1.807, 2.05) is 0 Å². The predicted molar refractivity (Wildman–Crippen MR) is 43.5 cm³/mol. The molecule has 0 fully saturated rings. The second-order valence-electron chi connectivity index (χ2n) is 2.55. The van der Waals surface area contributed by atoms with Crippen LogP contribution in [0.5, 0.6) is 0 Å². The Hall–Kier alpha value is -1.40. The van der Waals surface area contributed by atoms with Crippen LogP contribution in [-0.4, -0.2) is 22.2 Å². The molecule has 6 nitrogen and oxygen atoms in total. The zero-order valence-electron chi connectivity index (χ0n) is 7.15. The van der Waals surface area contributed by atoms with Crippen molar-refractivity contribution in [2.24, 2.45) is 5.73 Å². The number of hydrogen-bond donors (Lipinski definition) is 3. The fourth-order valence-corrected chi connectivity index (χ4v) is 0.740. The van der Waals surface area contributed by atoms with Crippen LogP contribution in [0.3, 0.4) is 0 Å². The zero-order chi connectivity index (χ0) is 9.84. The maximum Gasteiger partial charge on any atom is 0.270 e. The average Bonchev–Trinajstić information content (AvgIpc) is 2.48. The van der Waals surface area contributed by atoms with E-state index < -0.39 is 12.1 Å². The molecule has 1 heterocycles. The Morgan fingerprint density at radius 2 is 2.62 bits per heavy atom. The number of nitrogens with zero attached hydrogens (tertiary/aromatic N) is 1. The number of nitrogens with one attached hydrogen (secondary N) is 1. The minimum absolute atomic E-state index is 0.0855. The Morgan fingerprint density at radius 1 is 1.92 bits per heavy atom. The van der Waals surface area contributed by atoms with Crippen molar-refractivity contribution in [3.8, 4) is 0 Å². The van der Waals surface area contributed by atoms with Crippen molar-refractivity contribution in [3.05, 3.63) is 17.8 Å². The van der Waals surface area contributed by atoms with Crippen LogP contribution in [0.4, 0.5) is 0 Å². The topological polar surface area (TPSA) is 101 Å². The fraction of sp³-hybridized carbons (Fsp3) is 0.429. The molecule has 72 valence electrons. The second kappa shape index (κ2) is 4.01. The summed E-state index contributed by atoms with van der Waals surface area (Å²) in [6.45, 7) is 1.82. The van der Waals surface area contributed by atoms with Crippen molar-refractivity contribution in [3.63, 3.8) is 0 Å². The largest absolute Gasteiger partial charge is 0.447 e. The van der Waals surface area contributed by atoms with Crippen LogP contribution < -0.4 is 11.1 Å². The first-order chi connectivity index (χ1) is 6.09. The van der Waals surface area contributed by atoms with Crippen LogP contribution in [0.1, 0.15) is 23.3 Å². The SMILES string of the molecule is CC(O)NCc1nc(C(N)=O)co1. The molecule has 13 heavy (non-hydrogen) atoms. The van der Waals surface area contributed by atoms with Gasteiger partial charge >= 0.3 is 0 Å². The lowest BCUT2D eigenvalue weighted by atomic mass is 10.5. The number of nitrogens with two attached hydrogens (primary N) is 1. The van der Waals surface area contributed by atoms with E-state index in [0.717, 1.165) is 0 Å². The summed E-state index contributed by atoms with van der Waals surface area (Å²) < 4.78 is 4.89. The zero-order valence-corrected chi connectivity index (χ0v) is 7.15. The highest BCUT2D eigenvalue weighted by atomic mass is 16.3. The van der Waals surface area contributed by atoms with E-state index in [1.165, 1.54) is 6.26 Å². The highest BCUT2D eigenvalue weighted by Gasteiger charge is 2.08. The summed E-state index contributed by atoms with van der Waals surface area (Å²) in [7, 11) is 0. The summed E-state index contributed by atoms with van der Waals surface area (Å²) in [5.74, 6) is -0.318.